The van der Waals surface area contributed by atoms with Gasteiger partial charge in [0.25, 0.3) is 0 Å². The number of hydrogen-bond acceptors (Lipinski definition) is 4. The van der Waals surface area contributed by atoms with Gasteiger partial charge in [0, 0.05) is 19.7 Å². The summed E-state index contributed by atoms with van der Waals surface area (Å²) in [6, 6.07) is 9.22. The van der Waals surface area contributed by atoms with E-state index in [1.165, 1.54) is 4.31 Å². The van der Waals surface area contributed by atoms with E-state index in [4.69, 9.17) is 4.74 Å². The zero-order valence-corrected chi connectivity index (χ0v) is 13.5. The summed E-state index contributed by atoms with van der Waals surface area (Å²) in [5, 5.41) is 2.74. The molecule has 1 N–H and O–H groups in total. The minimum atomic E-state index is -3.45. The van der Waals surface area contributed by atoms with Gasteiger partial charge in [0.1, 0.15) is 0 Å². The largest absolute Gasteiger partial charge is 0.376 e. The van der Waals surface area contributed by atoms with Crippen LogP contribution in [0.15, 0.2) is 30.3 Å². The molecule has 0 saturated carbocycles. The quantitative estimate of drug-likeness (QED) is 0.802. The second-order valence-corrected chi connectivity index (χ2v) is 7.44. The monoisotopic (exact) mass is 326 g/mol. The summed E-state index contributed by atoms with van der Waals surface area (Å²) >= 11 is 0. The molecule has 122 valence electrons. The number of benzene rings is 1. The number of amides is 1. The Hall–Kier alpha value is -1.44. The first-order chi connectivity index (χ1) is 10.4. The highest BCUT2D eigenvalue weighted by molar-refractivity contribution is 7.88. The molecule has 1 saturated heterocycles. The Morgan fingerprint density at radius 3 is 2.68 bits per heavy atom. The van der Waals surface area contributed by atoms with Gasteiger partial charge in [0.05, 0.1) is 18.9 Å². The number of carbonyl (C=O) groups is 1. The second-order valence-electron chi connectivity index (χ2n) is 5.46. The van der Waals surface area contributed by atoms with Crippen LogP contribution in [-0.4, -0.2) is 50.7 Å². The number of ether oxygens (including phenoxy) is 1. The Kier molecular flexibility index (Phi) is 5.93. The second kappa shape index (κ2) is 7.71. The minimum Gasteiger partial charge on any atom is -0.376 e. The van der Waals surface area contributed by atoms with Crippen molar-refractivity contribution < 1.29 is 17.9 Å². The van der Waals surface area contributed by atoms with Crippen molar-refractivity contribution in [2.75, 3.05) is 26.0 Å². The van der Waals surface area contributed by atoms with E-state index < -0.39 is 10.0 Å². The van der Waals surface area contributed by atoms with Gasteiger partial charge in [0.15, 0.2) is 0 Å². The lowest BCUT2D eigenvalue weighted by molar-refractivity contribution is -0.121. The lowest BCUT2D eigenvalue weighted by Gasteiger charge is -2.20. The van der Waals surface area contributed by atoms with Gasteiger partial charge in [-0.05, 0) is 18.4 Å². The van der Waals surface area contributed by atoms with Gasteiger partial charge in [-0.15, -0.1) is 0 Å². The van der Waals surface area contributed by atoms with E-state index in [9.17, 15) is 13.2 Å². The lowest BCUT2D eigenvalue weighted by atomic mass is 10.2. The Morgan fingerprint density at radius 2 is 2.09 bits per heavy atom. The van der Waals surface area contributed by atoms with Crippen molar-refractivity contribution in [3.05, 3.63) is 35.9 Å². The molecule has 0 bridgehead atoms. The van der Waals surface area contributed by atoms with Crippen molar-refractivity contribution in [1.29, 1.82) is 0 Å². The van der Waals surface area contributed by atoms with Crippen LogP contribution in [0.1, 0.15) is 18.4 Å². The van der Waals surface area contributed by atoms with Crippen molar-refractivity contribution in [2.45, 2.75) is 25.5 Å². The summed E-state index contributed by atoms with van der Waals surface area (Å²) in [4.78, 5) is 12.0. The summed E-state index contributed by atoms with van der Waals surface area (Å²) < 4.78 is 30.3. The number of rotatable bonds is 7. The van der Waals surface area contributed by atoms with Crippen LogP contribution in [0, 0.1) is 0 Å². The standard InChI is InChI=1S/C15H22N2O4S/c1-22(19,20)17(11-13-6-3-2-4-7-13)12-15(18)16-10-14-8-5-9-21-14/h2-4,6-7,14H,5,8-12H2,1H3,(H,16,18)/t14-/m0/s1. The summed E-state index contributed by atoms with van der Waals surface area (Å²) in [5.41, 5.74) is 0.847. The first kappa shape index (κ1) is 16.9. The predicted molar refractivity (Wildman–Crippen MR) is 83.7 cm³/mol. The molecule has 7 heteroatoms. The van der Waals surface area contributed by atoms with Crippen molar-refractivity contribution in [1.82, 2.24) is 9.62 Å². The number of nitrogens with zero attached hydrogens (tertiary/aromatic N) is 1. The van der Waals surface area contributed by atoms with Gasteiger partial charge in [-0.1, -0.05) is 30.3 Å². The van der Waals surface area contributed by atoms with E-state index in [-0.39, 0.29) is 25.1 Å². The predicted octanol–water partition coefficient (Wildman–Crippen LogP) is 0.743. The number of nitrogens with one attached hydrogen (secondary N) is 1. The fourth-order valence-electron chi connectivity index (χ4n) is 2.33. The molecule has 1 aromatic carbocycles. The molecule has 1 heterocycles. The molecule has 0 spiro atoms. The van der Waals surface area contributed by atoms with E-state index in [1.807, 2.05) is 30.3 Å². The first-order valence-electron chi connectivity index (χ1n) is 7.32. The average Bonchev–Trinajstić information content (AvgIpc) is 2.98. The highest BCUT2D eigenvalue weighted by atomic mass is 32.2. The third-order valence-corrected chi connectivity index (χ3v) is 4.74. The van der Waals surface area contributed by atoms with E-state index in [0.717, 1.165) is 31.3 Å². The summed E-state index contributed by atoms with van der Waals surface area (Å²) in [6.07, 6.45) is 3.10. The minimum absolute atomic E-state index is 0.0461. The smallest absolute Gasteiger partial charge is 0.235 e. The van der Waals surface area contributed by atoms with Gasteiger partial charge in [-0.3, -0.25) is 4.79 Å². The maximum Gasteiger partial charge on any atom is 0.235 e. The van der Waals surface area contributed by atoms with E-state index in [1.54, 1.807) is 0 Å². The van der Waals surface area contributed by atoms with E-state index in [0.29, 0.717) is 6.54 Å². The van der Waals surface area contributed by atoms with Crippen molar-refractivity contribution in [2.24, 2.45) is 0 Å². The number of carbonyl (C=O) groups excluding carboxylic acids is 1. The van der Waals surface area contributed by atoms with Crippen molar-refractivity contribution in [3.63, 3.8) is 0 Å². The SMILES string of the molecule is CS(=O)(=O)N(CC(=O)NC[C@@H]1CCCO1)Cc1ccccc1. The average molecular weight is 326 g/mol. The number of sulfonamides is 1. The molecule has 0 radical (unpaired) electrons. The van der Waals surface area contributed by atoms with Crippen LogP contribution in [0.5, 0.6) is 0 Å². The van der Waals surface area contributed by atoms with Crippen LogP contribution in [0.2, 0.25) is 0 Å². The third kappa shape index (κ3) is 5.40. The van der Waals surface area contributed by atoms with Crippen LogP contribution in [0.25, 0.3) is 0 Å². The molecular weight excluding hydrogens is 304 g/mol. The van der Waals surface area contributed by atoms with Crippen molar-refractivity contribution >= 4 is 15.9 Å². The fourth-order valence-corrected chi connectivity index (χ4v) is 3.06. The highest BCUT2D eigenvalue weighted by Gasteiger charge is 2.22. The molecule has 2 rings (SSSR count). The van der Waals surface area contributed by atoms with Gasteiger partial charge in [0.2, 0.25) is 15.9 Å². The zero-order chi connectivity index (χ0) is 16.0. The zero-order valence-electron chi connectivity index (χ0n) is 12.7. The Bertz CT molecular complexity index is 583. The molecule has 6 nitrogen and oxygen atoms in total. The molecule has 1 aromatic rings. The van der Waals surface area contributed by atoms with Crippen LogP contribution in [-0.2, 0) is 26.1 Å². The van der Waals surface area contributed by atoms with Crippen LogP contribution in [0.3, 0.4) is 0 Å². The van der Waals surface area contributed by atoms with Crippen molar-refractivity contribution in [3.8, 4) is 0 Å². The molecule has 22 heavy (non-hydrogen) atoms. The van der Waals surface area contributed by atoms with Gasteiger partial charge >= 0.3 is 0 Å². The summed E-state index contributed by atoms with van der Waals surface area (Å²) in [5.74, 6) is -0.308. The molecule has 1 aliphatic heterocycles. The topological polar surface area (TPSA) is 75.7 Å². The Morgan fingerprint density at radius 1 is 1.36 bits per heavy atom. The normalized spacial score (nSPS) is 18.5. The molecule has 1 atom stereocenters. The summed E-state index contributed by atoms with van der Waals surface area (Å²) in [7, 11) is -3.45. The molecule has 0 aromatic heterocycles. The van der Waals surface area contributed by atoms with Gasteiger partial charge in [-0.2, -0.15) is 4.31 Å². The molecule has 0 unspecified atom stereocenters. The molecular formula is C15H22N2O4S. The lowest BCUT2D eigenvalue weighted by Crippen LogP contribution is -2.42. The van der Waals surface area contributed by atoms with Crippen LogP contribution in [0.4, 0.5) is 0 Å². The Labute approximate surface area is 131 Å². The Balaban J connectivity index is 1.90. The molecule has 1 fully saturated rings. The molecule has 1 amide bonds. The fraction of sp³-hybridized carbons (Fsp3) is 0.533. The maximum absolute atomic E-state index is 12.0. The van der Waals surface area contributed by atoms with Crippen LogP contribution < -0.4 is 5.32 Å². The number of hydrogen-bond donors (Lipinski definition) is 1. The van der Waals surface area contributed by atoms with Gasteiger partial charge in [-0.25, -0.2) is 8.42 Å². The van der Waals surface area contributed by atoms with E-state index >= 15 is 0 Å². The van der Waals surface area contributed by atoms with Gasteiger partial charge < -0.3 is 10.1 Å². The summed E-state index contributed by atoms with van der Waals surface area (Å²) in [6.45, 7) is 1.17. The van der Waals surface area contributed by atoms with E-state index in [2.05, 4.69) is 5.32 Å². The molecule has 1 aliphatic rings. The first-order valence-corrected chi connectivity index (χ1v) is 9.17. The molecule has 0 aliphatic carbocycles. The maximum atomic E-state index is 12.0. The van der Waals surface area contributed by atoms with Crippen LogP contribution >= 0.6 is 0 Å². The third-order valence-electron chi connectivity index (χ3n) is 3.54. The highest BCUT2D eigenvalue weighted by Crippen LogP contribution is 2.11.